The number of nitrogens with zero attached hydrogens (tertiary/aromatic N) is 3. The Hall–Kier alpha value is -6.83. The number of benzene rings is 6. The van der Waals surface area contributed by atoms with Crippen LogP contribution < -0.4 is 14.2 Å². The molecule has 1 fully saturated rings. The van der Waals surface area contributed by atoms with Crippen molar-refractivity contribution < 1.29 is 32.7 Å². The Bertz CT molecular complexity index is 2670. The lowest BCUT2D eigenvalue weighted by Gasteiger charge is -2.37. The third-order valence-corrected chi connectivity index (χ3v) is 12.5. The van der Waals surface area contributed by atoms with E-state index in [1.165, 1.54) is 12.1 Å². The molecule has 2 N–H and O–H groups in total. The second kappa shape index (κ2) is 16.4. The van der Waals surface area contributed by atoms with Gasteiger partial charge in [0, 0.05) is 6.07 Å². The van der Waals surface area contributed by atoms with Gasteiger partial charge in [0.15, 0.2) is 5.75 Å². The Labute approximate surface area is 347 Å². The number of sulfonamides is 1. The molecule has 1 saturated carbocycles. The van der Waals surface area contributed by atoms with E-state index in [-0.39, 0.29) is 29.6 Å². The standard InChI is InChI=1S/C47H42N4O8S/c1-46(53)28-26-33(27-29-46)32-58-44-25-24-37(30-41(44)51(54)55)60(56,57)49-45(52)38-20-11-12-22-42(38)59-43-23-13-21-40-39(43)31-48-50(40)47(34-14-5-2-6-15-34,35-16-7-3-8-17-35)36-18-9-4-10-19-36/h2-25,30-31,33,53H,26-29,32H2,1H3,(H,49,52). The monoisotopic (exact) mass is 822 g/mol. The van der Waals surface area contributed by atoms with Gasteiger partial charge in [0.25, 0.3) is 15.9 Å². The van der Waals surface area contributed by atoms with Gasteiger partial charge in [-0.25, -0.2) is 17.8 Å². The van der Waals surface area contributed by atoms with Crippen LogP contribution in [0.1, 0.15) is 59.7 Å². The van der Waals surface area contributed by atoms with Crippen molar-refractivity contribution in [1.29, 1.82) is 0 Å². The average Bonchev–Trinajstić information content (AvgIpc) is 3.70. The zero-order valence-electron chi connectivity index (χ0n) is 32.7. The van der Waals surface area contributed by atoms with E-state index in [2.05, 4.69) is 41.1 Å². The highest BCUT2D eigenvalue weighted by molar-refractivity contribution is 7.90. The van der Waals surface area contributed by atoms with Crippen LogP contribution in [-0.2, 0) is 15.6 Å². The maximum absolute atomic E-state index is 13.8. The van der Waals surface area contributed by atoms with E-state index in [1.54, 1.807) is 37.4 Å². The minimum absolute atomic E-state index is 0.0739. The van der Waals surface area contributed by atoms with Gasteiger partial charge in [0.2, 0.25) is 0 Å². The van der Waals surface area contributed by atoms with E-state index in [0.717, 1.165) is 34.3 Å². The third kappa shape index (κ3) is 7.84. The Kier molecular flexibility index (Phi) is 10.9. The molecule has 1 aromatic heterocycles. The van der Waals surface area contributed by atoms with E-state index in [9.17, 15) is 28.4 Å². The fraction of sp³-hybridized carbons (Fsp3) is 0.191. The summed E-state index contributed by atoms with van der Waals surface area (Å²) in [4.78, 5) is 24.6. The molecule has 304 valence electrons. The van der Waals surface area contributed by atoms with E-state index >= 15 is 0 Å². The summed E-state index contributed by atoms with van der Waals surface area (Å²) in [6.45, 7) is 1.96. The molecule has 0 bridgehead atoms. The Morgan fingerprint density at radius 1 is 0.817 bits per heavy atom. The van der Waals surface area contributed by atoms with Crippen LogP contribution in [0.15, 0.2) is 163 Å². The van der Waals surface area contributed by atoms with Gasteiger partial charge in [-0.1, -0.05) is 109 Å². The van der Waals surface area contributed by atoms with Crippen molar-refractivity contribution in [1.82, 2.24) is 14.5 Å². The zero-order valence-corrected chi connectivity index (χ0v) is 33.5. The molecule has 0 saturated heterocycles. The number of rotatable bonds is 13. The summed E-state index contributed by atoms with van der Waals surface area (Å²) in [5.41, 5.74) is 1.37. The summed E-state index contributed by atoms with van der Waals surface area (Å²) in [5, 5.41) is 28.0. The topological polar surface area (TPSA) is 163 Å². The minimum Gasteiger partial charge on any atom is -0.487 e. The third-order valence-electron chi connectivity index (χ3n) is 11.1. The van der Waals surface area contributed by atoms with Crippen molar-refractivity contribution >= 4 is 32.5 Å². The van der Waals surface area contributed by atoms with Crippen LogP contribution in [0.4, 0.5) is 5.69 Å². The van der Waals surface area contributed by atoms with Crippen LogP contribution in [0.25, 0.3) is 10.9 Å². The molecule has 60 heavy (non-hydrogen) atoms. The molecular formula is C47H42N4O8S. The Morgan fingerprint density at radius 2 is 1.38 bits per heavy atom. The molecule has 0 spiro atoms. The molecule has 0 radical (unpaired) electrons. The number of carbonyl (C=O) groups excluding carboxylic acids is 1. The van der Waals surface area contributed by atoms with Crippen LogP contribution in [0.2, 0.25) is 0 Å². The predicted octanol–water partition coefficient (Wildman–Crippen LogP) is 9.02. The number of aliphatic hydroxyl groups is 1. The van der Waals surface area contributed by atoms with Gasteiger partial charge in [-0.2, -0.15) is 5.10 Å². The quantitative estimate of drug-likeness (QED) is 0.0657. The van der Waals surface area contributed by atoms with Crippen molar-refractivity contribution in [3.63, 3.8) is 0 Å². The van der Waals surface area contributed by atoms with Crippen LogP contribution in [0.5, 0.6) is 17.2 Å². The van der Waals surface area contributed by atoms with Crippen molar-refractivity contribution in [3.8, 4) is 17.2 Å². The maximum atomic E-state index is 13.8. The number of nitro benzene ring substituents is 1. The van der Waals surface area contributed by atoms with Gasteiger partial charge in [-0.3, -0.25) is 14.9 Å². The van der Waals surface area contributed by atoms with Gasteiger partial charge in [-0.05, 0) is 91.6 Å². The van der Waals surface area contributed by atoms with E-state index < -0.39 is 42.6 Å². The first-order chi connectivity index (χ1) is 29.0. The lowest BCUT2D eigenvalue weighted by Crippen LogP contribution is -2.38. The van der Waals surface area contributed by atoms with Crippen molar-refractivity contribution in [2.24, 2.45) is 5.92 Å². The number of ether oxygens (including phenoxy) is 2. The summed E-state index contributed by atoms with van der Waals surface area (Å²) in [6, 6.07) is 45.3. The van der Waals surface area contributed by atoms with E-state index in [1.807, 2.05) is 71.4 Å². The number of hydrogen-bond donors (Lipinski definition) is 2. The molecular weight excluding hydrogens is 781 g/mol. The molecule has 8 rings (SSSR count). The van der Waals surface area contributed by atoms with E-state index in [0.29, 0.717) is 36.8 Å². The average molecular weight is 823 g/mol. The zero-order chi connectivity index (χ0) is 41.9. The van der Waals surface area contributed by atoms with Gasteiger partial charge in [0.1, 0.15) is 17.0 Å². The first-order valence-corrected chi connectivity index (χ1v) is 21.1. The first kappa shape index (κ1) is 40.0. The smallest absolute Gasteiger partial charge is 0.312 e. The Balaban J connectivity index is 1.09. The fourth-order valence-electron chi connectivity index (χ4n) is 7.99. The molecule has 7 aromatic rings. The second-order valence-electron chi connectivity index (χ2n) is 15.2. The number of nitrogens with one attached hydrogen (secondary N) is 1. The summed E-state index contributed by atoms with van der Waals surface area (Å²) in [6.07, 6.45) is 4.28. The molecule has 0 atom stereocenters. The highest BCUT2D eigenvalue weighted by atomic mass is 32.2. The van der Waals surface area contributed by atoms with Crippen LogP contribution in [0, 0.1) is 16.0 Å². The van der Waals surface area contributed by atoms with Gasteiger partial charge in [0.05, 0.1) is 44.7 Å². The number of para-hydroxylation sites is 1. The lowest BCUT2D eigenvalue weighted by atomic mass is 9.77. The number of carbonyl (C=O) groups is 1. The van der Waals surface area contributed by atoms with Crippen LogP contribution >= 0.6 is 0 Å². The molecule has 0 unspecified atom stereocenters. The van der Waals surface area contributed by atoms with Crippen LogP contribution in [-0.4, -0.2) is 46.3 Å². The predicted molar refractivity (Wildman–Crippen MR) is 227 cm³/mol. The SMILES string of the molecule is CC1(O)CCC(COc2ccc(S(=O)(=O)NC(=O)c3ccccc3Oc3cccc4c3cnn4C(c3ccccc3)(c3ccccc3)c3ccccc3)cc2[N+](=O)[O-])CC1. The van der Waals surface area contributed by atoms with E-state index in [4.69, 9.17) is 14.6 Å². The highest BCUT2D eigenvalue weighted by Gasteiger charge is 2.40. The molecule has 0 aliphatic heterocycles. The summed E-state index contributed by atoms with van der Waals surface area (Å²) < 4.78 is 43.4. The number of aromatic nitrogens is 2. The van der Waals surface area contributed by atoms with Crippen molar-refractivity contribution in [2.45, 2.75) is 48.6 Å². The number of fused-ring (bicyclic) bond motifs is 1. The molecule has 1 aliphatic carbocycles. The largest absolute Gasteiger partial charge is 0.487 e. The molecule has 6 aromatic carbocycles. The van der Waals surface area contributed by atoms with Gasteiger partial charge in [-0.15, -0.1) is 0 Å². The lowest BCUT2D eigenvalue weighted by molar-refractivity contribution is -0.386. The molecule has 12 nitrogen and oxygen atoms in total. The fourth-order valence-corrected chi connectivity index (χ4v) is 8.97. The highest BCUT2D eigenvalue weighted by Crippen LogP contribution is 2.44. The first-order valence-electron chi connectivity index (χ1n) is 19.6. The normalized spacial score (nSPS) is 16.9. The van der Waals surface area contributed by atoms with Crippen molar-refractivity contribution in [3.05, 3.63) is 190 Å². The molecule has 13 heteroatoms. The summed E-state index contributed by atoms with van der Waals surface area (Å²) in [7, 11) is -4.60. The maximum Gasteiger partial charge on any atom is 0.312 e. The minimum atomic E-state index is -4.60. The second-order valence-corrected chi connectivity index (χ2v) is 16.9. The number of hydrogen-bond acceptors (Lipinski definition) is 9. The van der Waals surface area contributed by atoms with Crippen molar-refractivity contribution in [2.75, 3.05) is 6.61 Å². The van der Waals surface area contributed by atoms with Gasteiger partial charge < -0.3 is 14.6 Å². The summed E-state index contributed by atoms with van der Waals surface area (Å²) >= 11 is 0. The van der Waals surface area contributed by atoms with Crippen LogP contribution in [0.3, 0.4) is 0 Å². The van der Waals surface area contributed by atoms with Gasteiger partial charge >= 0.3 is 5.69 Å². The number of nitro groups is 1. The molecule has 1 heterocycles. The summed E-state index contributed by atoms with van der Waals surface area (Å²) in [5.74, 6) is -0.558. The Morgan fingerprint density at radius 3 is 1.98 bits per heavy atom. The number of amides is 1. The molecule has 1 aliphatic rings. The molecule has 1 amide bonds.